The summed E-state index contributed by atoms with van der Waals surface area (Å²) >= 11 is 0. The first kappa shape index (κ1) is 40.7. The molecule has 2 fully saturated rings. The number of aromatic nitrogens is 4. The number of hydrogen-bond acceptors (Lipinski definition) is 11. The molecule has 52 heavy (non-hydrogen) atoms. The molecule has 4 rings (SSSR count). The molecule has 0 spiro atoms. The van der Waals surface area contributed by atoms with Crippen LogP contribution in [0.2, 0.25) is 0 Å². The fraction of sp³-hybridized carbons (Fsp3) is 0.722. The first-order valence-electron chi connectivity index (χ1n) is 18.4. The maximum atomic E-state index is 12.8. The Morgan fingerprint density at radius 2 is 1.40 bits per heavy atom. The summed E-state index contributed by atoms with van der Waals surface area (Å²) in [4.78, 5) is 64.8. The van der Waals surface area contributed by atoms with Gasteiger partial charge in [-0.1, -0.05) is 34.6 Å². The first-order valence-corrected chi connectivity index (χ1v) is 18.4. The van der Waals surface area contributed by atoms with Gasteiger partial charge in [0, 0.05) is 30.3 Å². The van der Waals surface area contributed by atoms with E-state index in [1.165, 1.54) is 14.2 Å². The molecule has 16 nitrogen and oxygen atoms in total. The van der Waals surface area contributed by atoms with Crippen molar-refractivity contribution in [1.82, 2.24) is 41.2 Å². The zero-order valence-corrected chi connectivity index (χ0v) is 31.7. The molecule has 1 aliphatic carbocycles. The number of amides is 3. The van der Waals surface area contributed by atoms with Crippen LogP contribution in [0.3, 0.4) is 0 Å². The van der Waals surface area contributed by atoms with Crippen molar-refractivity contribution in [1.29, 1.82) is 0 Å². The number of Topliss-reactive ketones (excluding diaryl/α,β-unsaturated/α-hetero) is 1. The molecule has 1 saturated carbocycles. The Bertz CT molecular complexity index is 1350. The van der Waals surface area contributed by atoms with Gasteiger partial charge in [-0.05, 0) is 50.4 Å². The number of carbonyl (C=O) groups excluding carboxylic acids is 4. The van der Waals surface area contributed by atoms with Crippen LogP contribution in [-0.2, 0) is 28.5 Å². The number of rotatable bonds is 16. The maximum Gasteiger partial charge on any atom is 0.407 e. The maximum absolute atomic E-state index is 12.8. The zero-order chi connectivity index (χ0) is 37.9. The van der Waals surface area contributed by atoms with E-state index in [1.54, 1.807) is 6.20 Å². The third kappa shape index (κ3) is 11.0. The molecule has 1 saturated heterocycles. The third-order valence-corrected chi connectivity index (χ3v) is 10.2. The minimum atomic E-state index is -0.703. The number of imidazole rings is 2. The summed E-state index contributed by atoms with van der Waals surface area (Å²) in [6.07, 6.45) is 6.25. The largest absolute Gasteiger partial charge is 0.453 e. The summed E-state index contributed by atoms with van der Waals surface area (Å²) < 4.78 is 21.9. The minimum absolute atomic E-state index is 0.0312. The fourth-order valence-corrected chi connectivity index (χ4v) is 6.76. The van der Waals surface area contributed by atoms with E-state index >= 15 is 0 Å². The smallest absolute Gasteiger partial charge is 0.407 e. The summed E-state index contributed by atoms with van der Waals surface area (Å²) in [7, 11) is 2.54. The van der Waals surface area contributed by atoms with Crippen molar-refractivity contribution in [3.63, 3.8) is 0 Å². The van der Waals surface area contributed by atoms with Gasteiger partial charge in [0.15, 0.2) is 5.78 Å². The van der Waals surface area contributed by atoms with Crippen LogP contribution in [0.5, 0.6) is 0 Å². The Kier molecular flexibility index (Phi) is 15.0. The van der Waals surface area contributed by atoms with Crippen molar-refractivity contribution in [2.24, 2.45) is 17.8 Å². The van der Waals surface area contributed by atoms with Gasteiger partial charge in [-0.15, -0.1) is 0 Å². The Labute approximate surface area is 306 Å². The standard InChI is InChI=1S/C36H58N8O8/c1-19(2)30(43-35(47)49-7)27(45)16-37-22(6)33-39-14-25(41-33)23-9-11-24(12-10-23)28-17-52-29(18-51-28)26-15-38-32(42-26)21(5)13-40-34(46)31(20(3)4)44-36(48)50-8/h14-15,19-24,28-31,37H,9-13,16-18H2,1-8H3,(H,38,42)(H,39,41)(H,40,46)(H,43,47)(H,44,48)/t21-,22-,23?,24?,28?,29?,30+,31+/m1/s1. The lowest BCUT2D eigenvalue weighted by atomic mass is 9.78. The molecule has 0 aromatic carbocycles. The van der Waals surface area contributed by atoms with Crippen molar-refractivity contribution >= 4 is 23.9 Å². The van der Waals surface area contributed by atoms with E-state index < -0.39 is 24.3 Å². The number of ether oxygens (including phenoxy) is 4. The Hall–Kier alpha value is -4.02. The SMILES string of the molecule is COC(=O)N[C@H](C(=O)CN[C@H](C)c1ncc(C2CCC(C3COC(c4cnc([C@H](C)CNC(=O)[C@@H](NC(=O)OC)C(C)C)[nH]4)CO3)CC2)[nH]1)C(C)C. The molecule has 0 bridgehead atoms. The number of ketones is 1. The second-order valence-corrected chi connectivity index (χ2v) is 14.7. The highest BCUT2D eigenvalue weighted by molar-refractivity contribution is 5.89. The predicted octanol–water partition coefficient (Wildman–Crippen LogP) is 3.76. The molecule has 6 N–H and O–H groups in total. The number of carbonyl (C=O) groups is 4. The third-order valence-electron chi connectivity index (χ3n) is 10.2. The molecule has 3 amide bonds. The van der Waals surface area contributed by atoms with Crippen LogP contribution in [0.25, 0.3) is 0 Å². The van der Waals surface area contributed by atoms with Crippen molar-refractivity contribution < 1.29 is 38.1 Å². The van der Waals surface area contributed by atoms with Gasteiger partial charge < -0.3 is 50.2 Å². The monoisotopic (exact) mass is 730 g/mol. The first-order chi connectivity index (χ1) is 24.8. The molecule has 0 radical (unpaired) electrons. The molecule has 290 valence electrons. The van der Waals surface area contributed by atoms with Crippen LogP contribution < -0.4 is 21.3 Å². The van der Waals surface area contributed by atoms with Gasteiger partial charge in [-0.3, -0.25) is 9.59 Å². The lowest BCUT2D eigenvalue weighted by molar-refractivity contribution is -0.157. The van der Waals surface area contributed by atoms with Crippen molar-refractivity contribution in [2.45, 2.75) is 109 Å². The van der Waals surface area contributed by atoms with Crippen LogP contribution in [-0.4, -0.2) is 103 Å². The highest BCUT2D eigenvalue weighted by Gasteiger charge is 2.34. The average molecular weight is 731 g/mol. The molecule has 3 heterocycles. The van der Waals surface area contributed by atoms with E-state index in [0.29, 0.717) is 31.6 Å². The topological polar surface area (TPSA) is 211 Å². The van der Waals surface area contributed by atoms with Crippen molar-refractivity contribution in [3.8, 4) is 0 Å². The lowest BCUT2D eigenvalue weighted by Gasteiger charge is -2.37. The number of nitrogens with zero attached hydrogens (tertiary/aromatic N) is 2. The molecule has 2 aromatic heterocycles. The molecule has 1 aliphatic heterocycles. The van der Waals surface area contributed by atoms with Crippen molar-refractivity contribution in [2.75, 3.05) is 40.5 Å². The summed E-state index contributed by atoms with van der Waals surface area (Å²) in [6, 6.07) is -1.51. The average Bonchev–Trinajstić information content (AvgIpc) is 3.85. The Morgan fingerprint density at radius 1 is 0.808 bits per heavy atom. The summed E-state index contributed by atoms with van der Waals surface area (Å²) in [5.74, 6) is 1.61. The van der Waals surface area contributed by atoms with Crippen LogP contribution in [0.15, 0.2) is 12.4 Å². The molecular weight excluding hydrogens is 672 g/mol. The van der Waals surface area contributed by atoms with E-state index in [2.05, 4.69) is 50.7 Å². The molecule has 2 unspecified atom stereocenters. The summed E-state index contributed by atoms with van der Waals surface area (Å²) in [5, 5.41) is 11.3. The van der Waals surface area contributed by atoms with E-state index in [0.717, 1.165) is 48.7 Å². The van der Waals surface area contributed by atoms with Gasteiger partial charge in [0.25, 0.3) is 0 Å². The normalized spacial score (nSPS) is 23.0. The second kappa shape index (κ2) is 19.2. The van der Waals surface area contributed by atoms with E-state index in [9.17, 15) is 19.2 Å². The lowest BCUT2D eigenvalue weighted by Crippen LogP contribution is -2.50. The highest BCUT2D eigenvalue weighted by atomic mass is 16.6. The number of methoxy groups -OCH3 is 2. The fourth-order valence-electron chi connectivity index (χ4n) is 6.76. The van der Waals surface area contributed by atoms with E-state index in [4.69, 9.17) is 9.47 Å². The minimum Gasteiger partial charge on any atom is -0.453 e. The van der Waals surface area contributed by atoms with E-state index in [-0.39, 0.29) is 54.2 Å². The van der Waals surface area contributed by atoms with Gasteiger partial charge in [-0.2, -0.15) is 0 Å². The van der Waals surface area contributed by atoms with Gasteiger partial charge in [0.1, 0.15) is 23.8 Å². The molecular formula is C36H58N8O8. The number of hydrogen-bond donors (Lipinski definition) is 6. The molecule has 2 aromatic rings. The number of aromatic amines is 2. The number of H-pyrrole nitrogens is 2. The quantitative estimate of drug-likeness (QED) is 0.146. The number of alkyl carbamates (subject to hydrolysis) is 2. The van der Waals surface area contributed by atoms with Crippen LogP contribution >= 0.6 is 0 Å². The van der Waals surface area contributed by atoms with Crippen LogP contribution in [0.4, 0.5) is 9.59 Å². The van der Waals surface area contributed by atoms with Gasteiger partial charge in [-0.25, -0.2) is 19.6 Å². The van der Waals surface area contributed by atoms with Gasteiger partial charge in [0.2, 0.25) is 5.91 Å². The second-order valence-electron chi connectivity index (χ2n) is 14.7. The van der Waals surface area contributed by atoms with Crippen LogP contribution in [0, 0.1) is 17.8 Å². The molecule has 6 atom stereocenters. The predicted molar refractivity (Wildman–Crippen MR) is 191 cm³/mol. The van der Waals surface area contributed by atoms with Gasteiger partial charge >= 0.3 is 12.2 Å². The van der Waals surface area contributed by atoms with Gasteiger partial charge in [0.05, 0.1) is 64.1 Å². The Balaban J connectivity index is 1.18. The van der Waals surface area contributed by atoms with Crippen LogP contribution in [0.1, 0.15) is 114 Å². The summed E-state index contributed by atoms with van der Waals surface area (Å²) in [6.45, 7) is 12.8. The number of nitrogens with one attached hydrogen (secondary N) is 6. The molecule has 16 heteroatoms. The van der Waals surface area contributed by atoms with E-state index in [1.807, 2.05) is 47.7 Å². The summed E-state index contributed by atoms with van der Waals surface area (Å²) in [5.41, 5.74) is 1.94. The molecule has 2 aliphatic rings. The highest BCUT2D eigenvalue weighted by Crippen LogP contribution is 2.39. The zero-order valence-electron chi connectivity index (χ0n) is 31.7. The van der Waals surface area contributed by atoms with Crippen molar-refractivity contribution in [3.05, 3.63) is 35.4 Å². The Morgan fingerprint density at radius 3 is 2.00 bits per heavy atom.